The lowest BCUT2D eigenvalue weighted by Crippen LogP contribution is -2.36. The Morgan fingerprint density at radius 3 is 2.58 bits per heavy atom. The number of likely N-dealkylation sites (N-methyl/N-ethyl adjacent to an activating group) is 1. The molecule has 0 radical (unpaired) electrons. The Bertz CT molecular complexity index is 488. The highest BCUT2D eigenvalue weighted by Crippen LogP contribution is 2.34. The van der Waals surface area contributed by atoms with Crippen molar-refractivity contribution >= 4 is 17.3 Å². The molecule has 7 nitrogen and oxygen atoms in total. The zero-order chi connectivity index (χ0) is 14.6. The largest absolute Gasteiger partial charge is 0.490 e. The number of nitrogens with zero attached hydrogens (tertiary/aromatic N) is 2. The number of amides is 1. The number of rotatable bonds is 5. The third-order valence-corrected chi connectivity index (χ3v) is 2.58. The van der Waals surface area contributed by atoms with E-state index in [2.05, 4.69) is 5.32 Å². The fourth-order valence-corrected chi connectivity index (χ4v) is 1.67. The zero-order valence-corrected chi connectivity index (χ0v) is 11.3. The molecule has 1 unspecified atom stereocenters. The van der Waals surface area contributed by atoms with E-state index >= 15 is 0 Å². The van der Waals surface area contributed by atoms with Crippen LogP contribution in [-0.2, 0) is 4.79 Å². The van der Waals surface area contributed by atoms with Gasteiger partial charge in [0, 0.05) is 14.1 Å². The number of benzene rings is 1. The Kier molecular flexibility index (Phi) is 4.68. The van der Waals surface area contributed by atoms with E-state index in [1.807, 2.05) is 0 Å². The van der Waals surface area contributed by atoms with Gasteiger partial charge in [-0.2, -0.15) is 0 Å². The summed E-state index contributed by atoms with van der Waals surface area (Å²) < 4.78 is 4.96. The van der Waals surface area contributed by atoms with E-state index in [9.17, 15) is 14.9 Å². The molecule has 1 aromatic carbocycles. The van der Waals surface area contributed by atoms with Crippen LogP contribution in [0.1, 0.15) is 6.92 Å². The van der Waals surface area contributed by atoms with Gasteiger partial charge >= 0.3 is 5.69 Å². The number of ether oxygens (including phenoxy) is 1. The zero-order valence-electron chi connectivity index (χ0n) is 11.3. The van der Waals surface area contributed by atoms with Crippen molar-refractivity contribution in [3.63, 3.8) is 0 Å². The third kappa shape index (κ3) is 3.34. The van der Waals surface area contributed by atoms with E-state index in [0.717, 1.165) is 0 Å². The Labute approximate surface area is 111 Å². The lowest BCUT2D eigenvalue weighted by molar-refractivity contribution is -0.384. The second kappa shape index (κ2) is 6.03. The molecule has 0 aromatic heterocycles. The molecule has 0 saturated heterocycles. The van der Waals surface area contributed by atoms with Crippen molar-refractivity contribution in [2.24, 2.45) is 0 Å². The van der Waals surface area contributed by atoms with Crippen LogP contribution in [0, 0.1) is 10.1 Å². The second-order valence-electron chi connectivity index (χ2n) is 4.21. The molecule has 1 atom stereocenters. The number of hydrogen-bond acceptors (Lipinski definition) is 5. The third-order valence-electron chi connectivity index (χ3n) is 2.58. The van der Waals surface area contributed by atoms with Crippen molar-refractivity contribution in [1.82, 2.24) is 4.90 Å². The summed E-state index contributed by atoms with van der Waals surface area (Å²) in [6.07, 6.45) is 0. The summed E-state index contributed by atoms with van der Waals surface area (Å²) in [6.45, 7) is 1.64. The lowest BCUT2D eigenvalue weighted by Gasteiger charge is -2.19. The van der Waals surface area contributed by atoms with E-state index in [1.54, 1.807) is 33.2 Å². The van der Waals surface area contributed by atoms with Crippen LogP contribution in [0.3, 0.4) is 0 Å². The number of nitro benzene ring substituents is 1. The first-order valence-electron chi connectivity index (χ1n) is 5.67. The second-order valence-corrected chi connectivity index (χ2v) is 4.21. The molecular formula is C12H17N3O4. The van der Waals surface area contributed by atoms with Crippen molar-refractivity contribution in [2.75, 3.05) is 26.5 Å². The van der Waals surface area contributed by atoms with E-state index in [4.69, 9.17) is 4.74 Å². The molecule has 1 N–H and O–H groups in total. The minimum Gasteiger partial charge on any atom is -0.490 e. The Morgan fingerprint density at radius 2 is 2.11 bits per heavy atom. The van der Waals surface area contributed by atoms with Crippen molar-refractivity contribution in [1.29, 1.82) is 0 Å². The Hall–Kier alpha value is -2.31. The quantitative estimate of drug-likeness (QED) is 0.645. The maximum Gasteiger partial charge on any atom is 0.333 e. The van der Waals surface area contributed by atoms with Gasteiger partial charge in [-0.1, -0.05) is 6.07 Å². The molecule has 0 heterocycles. The highest BCUT2D eigenvalue weighted by molar-refractivity contribution is 5.85. The number of carbonyl (C=O) groups excluding carboxylic acids is 1. The predicted octanol–water partition coefficient (Wildman–Crippen LogP) is 1.49. The molecule has 0 aliphatic carbocycles. The monoisotopic (exact) mass is 267 g/mol. The predicted molar refractivity (Wildman–Crippen MR) is 71.4 cm³/mol. The minimum atomic E-state index is -0.569. The van der Waals surface area contributed by atoms with Crippen LogP contribution in [0.2, 0.25) is 0 Å². The number of anilines is 1. The molecule has 104 valence electrons. The maximum absolute atomic E-state index is 11.7. The molecule has 19 heavy (non-hydrogen) atoms. The van der Waals surface area contributed by atoms with Gasteiger partial charge in [-0.3, -0.25) is 14.9 Å². The smallest absolute Gasteiger partial charge is 0.333 e. The normalized spacial score (nSPS) is 11.6. The van der Waals surface area contributed by atoms with Crippen LogP contribution >= 0.6 is 0 Å². The van der Waals surface area contributed by atoms with Gasteiger partial charge in [0.15, 0.2) is 5.75 Å². The lowest BCUT2D eigenvalue weighted by atomic mass is 10.2. The average molecular weight is 267 g/mol. The van der Waals surface area contributed by atoms with Crippen molar-refractivity contribution in [3.8, 4) is 5.75 Å². The van der Waals surface area contributed by atoms with Crippen molar-refractivity contribution in [3.05, 3.63) is 28.3 Å². The van der Waals surface area contributed by atoms with Gasteiger partial charge in [-0.25, -0.2) is 0 Å². The number of para-hydroxylation sites is 1. The SMILES string of the molecule is COc1cccc(NC(C)C(=O)N(C)C)c1[N+](=O)[O-]. The summed E-state index contributed by atoms with van der Waals surface area (Å²) in [6, 6.07) is 4.10. The fraction of sp³-hybridized carbons (Fsp3) is 0.417. The van der Waals surface area contributed by atoms with E-state index < -0.39 is 11.0 Å². The Balaban J connectivity index is 3.08. The molecule has 0 aliphatic rings. The van der Waals surface area contributed by atoms with Gasteiger partial charge in [0.2, 0.25) is 5.91 Å². The number of nitrogens with one attached hydrogen (secondary N) is 1. The van der Waals surface area contributed by atoms with Gasteiger partial charge in [-0.15, -0.1) is 0 Å². The fourth-order valence-electron chi connectivity index (χ4n) is 1.67. The topological polar surface area (TPSA) is 84.7 Å². The summed E-state index contributed by atoms with van der Waals surface area (Å²) >= 11 is 0. The molecule has 1 amide bonds. The summed E-state index contributed by atoms with van der Waals surface area (Å²) in [5.74, 6) is -0.0170. The summed E-state index contributed by atoms with van der Waals surface area (Å²) in [4.78, 5) is 23.7. The number of hydrogen-bond donors (Lipinski definition) is 1. The van der Waals surface area contributed by atoms with Crippen molar-refractivity contribution < 1.29 is 14.5 Å². The van der Waals surface area contributed by atoms with Gasteiger partial charge in [-0.05, 0) is 19.1 Å². The molecule has 0 bridgehead atoms. The summed E-state index contributed by atoms with van der Waals surface area (Å²) in [5, 5.41) is 13.9. The van der Waals surface area contributed by atoms with E-state index in [1.165, 1.54) is 18.1 Å². The van der Waals surface area contributed by atoms with Crippen LogP contribution in [0.15, 0.2) is 18.2 Å². The Morgan fingerprint density at radius 1 is 1.47 bits per heavy atom. The van der Waals surface area contributed by atoms with Crippen LogP contribution < -0.4 is 10.1 Å². The van der Waals surface area contributed by atoms with Gasteiger partial charge in [0.05, 0.1) is 12.0 Å². The highest BCUT2D eigenvalue weighted by Gasteiger charge is 2.23. The van der Waals surface area contributed by atoms with E-state index in [-0.39, 0.29) is 23.0 Å². The maximum atomic E-state index is 11.7. The standard InChI is InChI=1S/C12H17N3O4/c1-8(12(16)14(2)3)13-9-6-5-7-10(19-4)11(9)15(17)18/h5-8,13H,1-4H3. The van der Waals surface area contributed by atoms with Crippen LogP contribution in [0.25, 0.3) is 0 Å². The first-order chi connectivity index (χ1) is 8.88. The average Bonchev–Trinajstić information content (AvgIpc) is 2.36. The minimum absolute atomic E-state index is 0.152. The summed E-state index contributed by atoms with van der Waals surface area (Å²) in [7, 11) is 4.61. The van der Waals surface area contributed by atoms with Crippen LogP contribution in [-0.4, -0.2) is 43.0 Å². The molecule has 0 spiro atoms. The molecule has 0 aliphatic heterocycles. The molecule has 1 aromatic rings. The van der Waals surface area contributed by atoms with Crippen molar-refractivity contribution in [2.45, 2.75) is 13.0 Å². The highest BCUT2D eigenvalue weighted by atomic mass is 16.6. The summed E-state index contributed by atoms with van der Waals surface area (Å²) in [5.41, 5.74) is 0.0791. The molecule has 1 rings (SSSR count). The molecule has 7 heteroatoms. The molecule has 0 saturated carbocycles. The number of carbonyl (C=O) groups is 1. The molecule has 0 fully saturated rings. The van der Waals surface area contributed by atoms with Gasteiger partial charge in [0.1, 0.15) is 11.7 Å². The van der Waals surface area contributed by atoms with Gasteiger partial charge < -0.3 is 15.0 Å². The van der Waals surface area contributed by atoms with Crippen LogP contribution in [0.4, 0.5) is 11.4 Å². The number of nitro groups is 1. The number of methoxy groups -OCH3 is 1. The molecular weight excluding hydrogens is 250 g/mol. The van der Waals surface area contributed by atoms with Gasteiger partial charge in [0.25, 0.3) is 0 Å². The van der Waals surface area contributed by atoms with E-state index in [0.29, 0.717) is 0 Å². The van der Waals surface area contributed by atoms with Crippen LogP contribution in [0.5, 0.6) is 5.75 Å². The first-order valence-corrected chi connectivity index (χ1v) is 5.67. The first kappa shape index (κ1) is 14.7.